The molecule has 3 rings (SSSR count). The highest BCUT2D eigenvalue weighted by molar-refractivity contribution is 5.43. The van der Waals surface area contributed by atoms with Crippen molar-refractivity contribution in [3.63, 3.8) is 0 Å². The summed E-state index contributed by atoms with van der Waals surface area (Å²) in [5.41, 5.74) is 0.324. The molecular formula is C14H20FN3O. The van der Waals surface area contributed by atoms with E-state index in [0.29, 0.717) is 11.4 Å². The van der Waals surface area contributed by atoms with Crippen LogP contribution < -0.4 is 4.90 Å². The molecule has 2 heterocycles. The quantitative estimate of drug-likeness (QED) is 0.889. The number of pyridine rings is 1. The van der Waals surface area contributed by atoms with Crippen molar-refractivity contribution >= 4 is 5.82 Å². The Balaban J connectivity index is 1.64. The number of piperazine rings is 1. The van der Waals surface area contributed by atoms with Crippen molar-refractivity contribution in [1.82, 2.24) is 9.88 Å². The second-order valence-electron chi connectivity index (χ2n) is 5.50. The van der Waals surface area contributed by atoms with Crippen molar-refractivity contribution in [2.24, 2.45) is 5.92 Å². The van der Waals surface area contributed by atoms with Crippen LogP contribution in [0.4, 0.5) is 10.2 Å². The lowest BCUT2D eigenvalue weighted by Crippen LogP contribution is -2.47. The van der Waals surface area contributed by atoms with E-state index in [-0.39, 0.29) is 12.4 Å². The maximum atomic E-state index is 14.1. The van der Waals surface area contributed by atoms with Crippen LogP contribution in [-0.2, 0) is 6.61 Å². The minimum absolute atomic E-state index is 0.275. The maximum absolute atomic E-state index is 14.1. The Hall–Kier alpha value is -1.20. The molecule has 0 unspecified atom stereocenters. The van der Waals surface area contributed by atoms with E-state index in [4.69, 9.17) is 5.11 Å². The van der Waals surface area contributed by atoms with Gasteiger partial charge in [0.05, 0.1) is 6.61 Å². The molecule has 1 aromatic rings. The molecule has 2 aliphatic rings. The lowest BCUT2D eigenvalue weighted by Gasteiger charge is -2.35. The molecule has 4 nitrogen and oxygen atoms in total. The summed E-state index contributed by atoms with van der Waals surface area (Å²) >= 11 is 0. The van der Waals surface area contributed by atoms with E-state index in [0.717, 1.165) is 32.1 Å². The Bertz CT molecular complexity index is 442. The lowest BCUT2D eigenvalue weighted by molar-refractivity contribution is 0.246. The Kier molecular flexibility index (Phi) is 3.66. The van der Waals surface area contributed by atoms with Crippen LogP contribution in [0.1, 0.15) is 18.4 Å². The first-order valence-corrected chi connectivity index (χ1v) is 6.99. The SMILES string of the molecule is OCc1ccnc(N2CCN(CC3CC3)CC2)c1F. The summed E-state index contributed by atoms with van der Waals surface area (Å²) in [6.45, 7) is 4.49. The minimum atomic E-state index is -0.374. The number of aromatic nitrogens is 1. The van der Waals surface area contributed by atoms with Gasteiger partial charge in [-0.25, -0.2) is 9.37 Å². The molecule has 104 valence electrons. The van der Waals surface area contributed by atoms with Crippen LogP contribution in [0.15, 0.2) is 12.3 Å². The first-order valence-electron chi connectivity index (χ1n) is 6.99. The molecule has 1 saturated heterocycles. The molecular weight excluding hydrogens is 245 g/mol. The van der Waals surface area contributed by atoms with Gasteiger partial charge in [0.2, 0.25) is 0 Å². The molecule has 0 atom stereocenters. The van der Waals surface area contributed by atoms with Gasteiger partial charge in [-0.2, -0.15) is 0 Å². The Morgan fingerprint density at radius 2 is 2.00 bits per heavy atom. The van der Waals surface area contributed by atoms with Gasteiger partial charge in [0.25, 0.3) is 0 Å². The highest BCUT2D eigenvalue weighted by Crippen LogP contribution is 2.30. The van der Waals surface area contributed by atoms with E-state index in [9.17, 15) is 4.39 Å². The minimum Gasteiger partial charge on any atom is -0.392 e. The van der Waals surface area contributed by atoms with Gasteiger partial charge in [0.1, 0.15) is 0 Å². The van der Waals surface area contributed by atoms with Crippen LogP contribution in [0.5, 0.6) is 0 Å². The van der Waals surface area contributed by atoms with E-state index >= 15 is 0 Å². The van der Waals surface area contributed by atoms with Gasteiger partial charge < -0.3 is 10.0 Å². The summed E-state index contributed by atoms with van der Waals surface area (Å²) in [5, 5.41) is 9.09. The summed E-state index contributed by atoms with van der Waals surface area (Å²) < 4.78 is 14.1. The van der Waals surface area contributed by atoms with Crippen LogP contribution in [0.2, 0.25) is 0 Å². The average Bonchev–Trinajstić information content (AvgIpc) is 3.24. The van der Waals surface area contributed by atoms with Crippen molar-refractivity contribution < 1.29 is 9.50 Å². The molecule has 0 spiro atoms. The number of halogens is 1. The van der Waals surface area contributed by atoms with Crippen molar-refractivity contribution in [3.8, 4) is 0 Å². The highest BCUT2D eigenvalue weighted by Gasteiger charge is 2.27. The second kappa shape index (κ2) is 5.43. The molecule has 0 amide bonds. The number of aliphatic hydroxyl groups excluding tert-OH is 1. The zero-order valence-electron chi connectivity index (χ0n) is 11.1. The van der Waals surface area contributed by atoms with Crippen molar-refractivity contribution in [1.29, 1.82) is 0 Å². The third-order valence-electron chi connectivity index (χ3n) is 4.01. The fourth-order valence-corrected chi connectivity index (χ4v) is 2.62. The fraction of sp³-hybridized carbons (Fsp3) is 0.643. The fourth-order valence-electron chi connectivity index (χ4n) is 2.62. The Labute approximate surface area is 112 Å². The zero-order valence-corrected chi connectivity index (χ0v) is 11.1. The van der Waals surface area contributed by atoms with Crippen molar-refractivity contribution in [2.75, 3.05) is 37.6 Å². The number of hydrogen-bond acceptors (Lipinski definition) is 4. The van der Waals surface area contributed by atoms with E-state index < -0.39 is 0 Å². The van der Waals surface area contributed by atoms with E-state index in [1.54, 1.807) is 6.20 Å². The smallest absolute Gasteiger partial charge is 0.171 e. The molecule has 2 fully saturated rings. The van der Waals surface area contributed by atoms with Crippen molar-refractivity contribution in [3.05, 3.63) is 23.6 Å². The summed E-state index contributed by atoms with van der Waals surface area (Å²) in [5.74, 6) is 0.914. The van der Waals surface area contributed by atoms with Gasteiger partial charge in [-0.05, 0) is 24.8 Å². The largest absolute Gasteiger partial charge is 0.392 e. The average molecular weight is 265 g/mol. The molecule has 1 saturated carbocycles. The van der Waals surface area contributed by atoms with Crippen LogP contribution in [0, 0.1) is 11.7 Å². The van der Waals surface area contributed by atoms with Crippen LogP contribution in [0.25, 0.3) is 0 Å². The molecule has 0 aromatic carbocycles. The predicted octanol–water partition coefficient (Wildman–Crippen LogP) is 1.25. The van der Waals surface area contributed by atoms with Gasteiger partial charge >= 0.3 is 0 Å². The van der Waals surface area contributed by atoms with E-state index in [1.165, 1.54) is 25.5 Å². The second-order valence-corrected chi connectivity index (χ2v) is 5.50. The monoisotopic (exact) mass is 265 g/mol. The summed E-state index contributed by atoms with van der Waals surface area (Å²) in [7, 11) is 0. The molecule has 0 radical (unpaired) electrons. The summed E-state index contributed by atoms with van der Waals surface area (Å²) in [6, 6.07) is 1.53. The Morgan fingerprint density at radius 1 is 1.26 bits per heavy atom. The van der Waals surface area contributed by atoms with Crippen LogP contribution >= 0.6 is 0 Å². The highest BCUT2D eigenvalue weighted by atomic mass is 19.1. The molecule has 1 aliphatic carbocycles. The first-order chi connectivity index (χ1) is 9.28. The van der Waals surface area contributed by atoms with Gasteiger partial charge in [-0.15, -0.1) is 0 Å². The third kappa shape index (κ3) is 2.87. The van der Waals surface area contributed by atoms with Gasteiger partial charge in [-0.3, -0.25) is 4.90 Å². The topological polar surface area (TPSA) is 39.6 Å². The predicted molar refractivity (Wildman–Crippen MR) is 71.5 cm³/mol. The van der Waals surface area contributed by atoms with E-state index in [1.807, 2.05) is 4.90 Å². The zero-order chi connectivity index (χ0) is 13.2. The molecule has 5 heteroatoms. The number of nitrogens with zero attached hydrogens (tertiary/aromatic N) is 3. The van der Waals surface area contributed by atoms with Crippen LogP contribution in [0.3, 0.4) is 0 Å². The van der Waals surface area contributed by atoms with Crippen molar-refractivity contribution in [2.45, 2.75) is 19.4 Å². The standard InChI is InChI=1S/C14H20FN3O/c15-13-12(10-19)3-4-16-14(13)18-7-5-17(6-8-18)9-11-1-2-11/h3-4,11,19H,1-2,5-10H2. The maximum Gasteiger partial charge on any atom is 0.171 e. The molecule has 0 bridgehead atoms. The summed E-state index contributed by atoms with van der Waals surface area (Å²) in [6.07, 6.45) is 4.31. The number of aliphatic hydroxyl groups is 1. The summed E-state index contributed by atoms with van der Waals surface area (Å²) in [4.78, 5) is 8.57. The van der Waals surface area contributed by atoms with Gasteiger partial charge in [0.15, 0.2) is 11.6 Å². The van der Waals surface area contributed by atoms with Gasteiger partial charge in [-0.1, -0.05) is 0 Å². The Morgan fingerprint density at radius 3 is 2.63 bits per heavy atom. The number of anilines is 1. The number of rotatable bonds is 4. The molecule has 19 heavy (non-hydrogen) atoms. The van der Waals surface area contributed by atoms with E-state index in [2.05, 4.69) is 9.88 Å². The van der Waals surface area contributed by atoms with Gasteiger partial charge in [0, 0.05) is 44.5 Å². The lowest BCUT2D eigenvalue weighted by atomic mass is 10.2. The first kappa shape index (κ1) is 12.8. The normalized spacial score (nSPS) is 20.8. The number of hydrogen-bond donors (Lipinski definition) is 1. The molecule has 1 aliphatic heterocycles. The molecule has 1 N–H and O–H groups in total. The third-order valence-corrected chi connectivity index (χ3v) is 4.01. The molecule has 1 aromatic heterocycles. The van der Waals surface area contributed by atoms with Crippen LogP contribution in [-0.4, -0.2) is 47.7 Å².